The van der Waals surface area contributed by atoms with Crippen LogP contribution in [-0.2, 0) is 4.79 Å². The summed E-state index contributed by atoms with van der Waals surface area (Å²) in [6, 6.07) is 8.39. The lowest BCUT2D eigenvalue weighted by Gasteiger charge is -2.15. The average Bonchev–Trinajstić information content (AvgIpc) is 3.04. The molecule has 0 aromatic heterocycles. The van der Waals surface area contributed by atoms with Crippen molar-refractivity contribution in [2.24, 2.45) is 5.92 Å². The molecule has 17 heavy (non-hydrogen) atoms. The highest BCUT2D eigenvalue weighted by Gasteiger charge is 2.23. The highest BCUT2D eigenvalue weighted by molar-refractivity contribution is 5.88. The molecule has 92 valence electrons. The lowest BCUT2D eigenvalue weighted by molar-refractivity contribution is -0.114. The fourth-order valence-corrected chi connectivity index (χ4v) is 2.05. The van der Waals surface area contributed by atoms with Crippen LogP contribution in [0.1, 0.15) is 33.1 Å². The number of nitrogens with one attached hydrogen (secondary N) is 2. The predicted octanol–water partition coefficient (Wildman–Crippen LogP) is 3.25. The Morgan fingerprint density at radius 2 is 1.88 bits per heavy atom. The Morgan fingerprint density at radius 1 is 1.29 bits per heavy atom. The van der Waals surface area contributed by atoms with Gasteiger partial charge in [-0.25, -0.2) is 0 Å². The van der Waals surface area contributed by atoms with E-state index in [9.17, 15) is 4.79 Å². The Labute approximate surface area is 103 Å². The summed E-state index contributed by atoms with van der Waals surface area (Å²) >= 11 is 0. The summed E-state index contributed by atoms with van der Waals surface area (Å²) in [4.78, 5) is 10.9. The molecule has 0 heterocycles. The maximum atomic E-state index is 10.9. The van der Waals surface area contributed by atoms with Crippen molar-refractivity contribution in [1.29, 1.82) is 0 Å². The van der Waals surface area contributed by atoms with E-state index in [1.165, 1.54) is 26.2 Å². The van der Waals surface area contributed by atoms with Crippen LogP contribution < -0.4 is 10.6 Å². The van der Waals surface area contributed by atoms with E-state index in [-0.39, 0.29) is 5.91 Å². The smallest absolute Gasteiger partial charge is 0.221 e. The minimum atomic E-state index is -0.0344. The maximum absolute atomic E-state index is 10.9. The summed E-state index contributed by atoms with van der Waals surface area (Å²) in [5, 5.41) is 6.24. The van der Waals surface area contributed by atoms with Crippen LogP contribution in [0.2, 0.25) is 0 Å². The van der Waals surface area contributed by atoms with Crippen molar-refractivity contribution < 1.29 is 4.79 Å². The number of hydrogen-bond acceptors (Lipinski definition) is 2. The zero-order valence-electron chi connectivity index (χ0n) is 10.5. The second-order valence-electron chi connectivity index (χ2n) is 4.98. The summed E-state index contributed by atoms with van der Waals surface area (Å²) < 4.78 is 0. The second kappa shape index (κ2) is 5.21. The minimum Gasteiger partial charge on any atom is -0.383 e. The topological polar surface area (TPSA) is 41.1 Å². The quantitative estimate of drug-likeness (QED) is 0.818. The highest BCUT2D eigenvalue weighted by atomic mass is 16.1. The Balaban J connectivity index is 1.85. The van der Waals surface area contributed by atoms with Crippen molar-refractivity contribution in [3.8, 4) is 0 Å². The normalized spacial score (nSPS) is 16.4. The van der Waals surface area contributed by atoms with Gasteiger partial charge in [-0.15, -0.1) is 0 Å². The molecule has 0 bridgehead atoms. The van der Waals surface area contributed by atoms with Crippen LogP contribution in [-0.4, -0.2) is 11.9 Å². The van der Waals surface area contributed by atoms with Crippen LogP contribution >= 0.6 is 0 Å². The van der Waals surface area contributed by atoms with E-state index in [1.807, 2.05) is 24.3 Å². The molecule has 0 aliphatic heterocycles. The molecule has 1 aliphatic carbocycles. The number of hydrogen-bond donors (Lipinski definition) is 2. The molecule has 1 amide bonds. The third-order valence-electron chi connectivity index (χ3n) is 3.00. The fourth-order valence-electron chi connectivity index (χ4n) is 2.05. The number of anilines is 2. The van der Waals surface area contributed by atoms with Crippen molar-refractivity contribution in [1.82, 2.24) is 0 Å². The standard InChI is InChI=1S/C14H20N2O/c1-10(9-12-3-4-12)15-13-5-7-14(8-6-13)16-11(2)17/h5-8,10,12,15H,3-4,9H2,1-2H3,(H,16,17). The van der Waals surface area contributed by atoms with E-state index in [2.05, 4.69) is 17.6 Å². The lowest BCUT2D eigenvalue weighted by Crippen LogP contribution is -2.15. The molecular formula is C14H20N2O. The average molecular weight is 232 g/mol. The molecule has 2 N–H and O–H groups in total. The molecule has 3 heteroatoms. The third-order valence-corrected chi connectivity index (χ3v) is 3.00. The van der Waals surface area contributed by atoms with Gasteiger partial charge in [0, 0.05) is 24.3 Å². The number of amides is 1. The molecule has 1 aromatic carbocycles. The molecular weight excluding hydrogens is 212 g/mol. The van der Waals surface area contributed by atoms with E-state index in [4.69, 9.17) is 0 Å². The molecule has 3 nitrogen and oxygen atoms in total. The van der Waals surface area contributed by atoms with Gasteiger partial charge in [-0.3, -0.25) is 4.79 Å². The Bertz CT molecular complexity index is 382. The highest BCUT2D eigenvalue weighted by Crippen LogP contribution is 2.34. The maximum Gasteiger partial charge on any atom is 0.221 e. The van der Waals surface area contributed by atoms with Gasteiger partial charge in [-0.2, -0.15) is 0 Å². The predicted molar refractivity (Wildman–Crippen MR) is 71.2 cm³/mol. The lowest BCUT2D eigenvalue weighted by atomic mass is 10.1. The van der Waals surface area contributed by atoms with Crippen molar-refractivity contribution in [3.63, 3.8) is 0 Å². The van der Waals surface area contributed by atoms with Gasteiger partial charge in [-0.1, -0.05) is 12.8 Å². The summed E-state index contributed by atoms with van der Waals surface area (Å²) in [6.45, 7) is 3.74. The van der Waals surface area contributed by atoms with Gasteiger partial charge in [0.05, 0.1) is 0 Å². The largest absolute Gasteiger partial charge is 0.383 e. The van der Waals surface area contributed by atoms with Gasteiger partial charge in [0.25, 0.3) is 0 Å². The monoisotopic (exact) mass is 232 g/mol. The van der Waals surface area contributed by atoms with Gasteiger partial charge >= 0.3 is 0 Å². The zero-order valence-corrected chi connectivity index (χ0v) is 10.5. The first-order chi connectivity index (χ1) is 8.13. The molecule has 1 aliphatic rings. The van der Waals surface area contributed by atoms with E-state index in [0.717, 1.165) is 17.3 Å². The van der Waals surface area contributed by atoms with E-state index < -0.39 is 0 Å². The molecule has 0 radical (unpaired) electrons. The SMILES string of the molecule is CC(=O)Nc1ccc(NC(C)CC2CC2)cc1. The van der Waals surface area contributed by atoms with Crippen LogP contribution in [0.25, 0.3) is 0 Å². The van der Waals surface area contributed by atoms with Crippen LogP contribution in [0.15, 0.2) is 24.3 Å². The Kier molecular flexibility index (Phi) is 3.67. The van der Waals surface area contributed by atoms with Crippen LogP contribution in [0.4, 0.5) is 11.4 Å². The van der Waals surface area contributed by atoms with Crippen molar-refractivity contribution >= 4 is 17.3 Å². The molecule has 0 saturated heterocycles. The number of benzene rings is 1. The number of rotatable bonds is 5. The molecule has 1 fully saturated rings. The Morgan fingerprint density at radius 3 is 2.41 bits per heavy atom. The zero-order chi connectivity index (χ0) is 12.3. The molecule has 2 rings (SSSR count). The van der Waals surface area contributed by atoms with Gasteiger partial charge in [-0.05, 0) is 43.5 Å². The number of carbonyl (C=O) groups excluding carboxylic acids is 1. The molecule has 1 saturated carbocycles. The summed E-state index contributed by atoms with van der Waals surface area (Å²) in [6.07, 6.45) is 4.05. The molecule has 1 unspecified atom stereocenters. The van der Waals surface area contributed by atoms with Crippen LogP contribution in [0.3, 0.4) is 0 Å². The van der Waals surface area contributed by atoms with Crippen molar-refractivity contribution in [2.45, 2.75) is 39.2 Å². The van der Waals surface area contributed by atoms with Gasteiger partial charge in [0.15, 0.2) is 0 Å². The Hall–Kier alpha value is -1.51. The number of carbonyl (C=O) groups is 1. The first kappa shape index (κ1) is 12.0. The van der Waals surface area contributed by atoms with Crippen molar-refractivity contribution in [2.75, 3.05) is 10.6 Å². The third kappa shape index (κ3) is 4.10. The first-order valence-corrected chi connectivity index (χ1v) is 6.27. The summed E-state index contributed by atoms with van der Waals surface area (Å²) in [5.41, 5.74) is 1.96. The van der Waals surface area contributed by atoms with E-state index in [1.54, 1.807) is 0 Å². The van der Waals surface area contributed by atoms with E-state index >= 15 is 0 Å². The molecule has 1 aromatic rings. The van der Waals surface area contributed by atoms with Gasteiger partial charge < -0.3 is 10.6 Å². The van der Waals surface area contributed by atoms with Gasteiger partial charge in [0.2, 0.25) is 5.91 Å². The van der Waals surface area contributed by atoms with Crippen LogP contribution in [0.5, 0.6) is 0 Å². The van der Waals surface area contributed by atoms with Crippen molar-refractivity contribution in [3.05, 3.63) is 24.3 Å². The second-order valence-corrected chi connectivity index (χ2v) is 4.98. The minimum absolute atomic E-state index is 0.0344. The first-order valence-electron chi connectivity index (χ1n) is 6.27. The molecule has 0 spiro atoms. The fraction of sp³-hybridized carbons (Fsp3) is 0.500. The summed E-state index contributed by atoms with van der Waals surface area (Å²) in [5.74, 6) is 0.906. The van der Waals surface area contributed by atoms with Crippen LogP contribution in [0, 0.1) is 5.92 Å². The molecule has 1 atom stereocenters. The van der Waals surface area contributed by atoms with Gasteiger partial charge in [0.1, 0.15) is 0 Å². The summed E-state index contributed by atoms with van der Waals surface area (Å²) in [7, 11) is 0. The van der Waals surface area contributed by atoms with E-state index in [0.29, 0.717) is 6.04 Å².